The molecule has 3 nitrogen and oxygen atoms in total. The van der Waals surface area contributed by atoms with E-state index in [0.29, 0.717) is 35.9 Å². The molecule has 5 rings (SSSR count). The Morgan fingerprint density at radius 3 is 2.61 bits per heavy atom. The highest BCUT2D eigenvalue weighted by Crippen LogP contribution is 2.79. The van der Waals surface area contributed by atoms with E-state index in [2.05, 4.69) is 6.92 Å². The lowest BCUT2D eigenvalue weighted by Crippen LogP contribution is -2.60. The summed E-state index contributed by atoms with van der Waals surface area (Å²) in [5.74, 6) is 0.551. The third kappa shape index (κ3) is 0.847. The Morgan fingerprint density at radius 1 is 1.17 bits per heavy atom. The fourth-order valence-corrected chi connectivity index (χ4v) is 6.55. The van der Waals surface area contributed by atoms with Gasteiger partial charge in [-0.05, 0) is 43.9 Å². The van der Waals surface area contributed by atoms with Gasteiger partial charge in [0.2, 0.25) is 0 Å². The molecule has 0 amide bonds. The highest BCUT2D eigenvalue weighted by molar-refractivity contribution is 5.80. The Morgan fingerprint density at radius 2 is 1.89 bits per heavy atom. The van der Waals surface area contributed by atoms with E-state index in [9.17, 15) is 9.90 Å². The molecule has 0 aromatic heterocycles. The van der Waals surface area contributed by atoms with Crippen LogP contribution in [-0.2, 0) is 9.53 Å². The summed E-state index contributed by atoms with van der Waals surface area (Å²) >= 11 is 0. The summed E-state index contributed by atoms with van der Waals surface area (Å²) < 4.78 is 6.25. The molecular weight excluding hydrogens is 228 g/mol. The van der Waals surface area contributed by atoms with Gasteiger partial charge in [0, 0.05) is 30.6 Å². The first-order valence-corrected chi connectivity index (χ1v) is 7.44. The number of carbonyl (C=O) groups is 1. The molecule has 4 saturated carbocycles. The van der Waals surface area contributed by atoms with Gasteiger partial charge in [0.05, 0.1) is 5.60 Å². The minimum Gasteiger partial charge on any atom is -0.365 e. The van der Waals surface area contributed by atoms with E-state index < -0.39 is 5.79 Å². The molecule has 1 heterocycles. The summed E-state index contributed by atoms with van der Waals surface area (Å²) in [5.41, 5.74) is 0.275. The predicted octanol–water partition coefficient (Wildman–Crippen LogP) is 1.88. The number of rotatable bonds is 0. The summed E-state index contributed by atoms with van der Waals surface area (Å²) in [4.78, 5) is 12.0. The second-order valence-electron chi connectivity index (χ2n) is 7.68. The number of hydrogen-bond acceptors (Lipinski definition) is 3. The van der Waals surface area contributed by atoms with Crippen molar-refractivity contribution in [2.75, 3.05) is 0 Å². The van der Waals surface area contributed by atoms with Crippen LogP contribution in [0.3, 0.4) is 0 Å². The summed E-state index contributed by atoms with van der Waals surface area (Å²) in [7, 11) is 0. The monoisotopic (exact) mass is 248 g/mol. The highest BCUT2D eigenvalue weighted by atomic mass is 16.6. The van der Waals surface area contributed by atoms with Crippen molar-refractivity contribution in [1.29, 1.82) is 0 Å². The van der Waals surface area contributed by atoms with Gasteiger partial charge in [0.25, 0.3) is 0 Å². The zero-order chi connectivity index (χ0) is 12.3. The van der Waals surface area contributed by atoms with Gasteiger partial charge in [-0.1, -0.05) is 0 Å². The van der Waals surface area contributed by atoms with Crippen molar-refractivity contribution in [2.45, 2.75) is 56.8 Å². The number of aliphatic hydroxyl groups is 1. The van der Waals surface area contributed by atoms with E-state index in [1.807, 2.05) is 0 Å². The van der Waals surface area contributed by atoms with E-state index in [1.165, 1.54) is 12.8 Å². The molecule has 4 aliphatic carbocycles. The first-order chi connectivity index (χ1) is 8.50. The van der Waals surface area contributed by atoms with Crippen LogP contribution in [0, 0.1) is 29.1 Å². The van der Waals surface area contributed by atoms with Gasteiger partial charge in [-0.3, -0.25) is 4.79 Å². The zero-order valence-corrected chi connectivity index (χ0v) is 10.8. The summed E-state index contributed by atoms with van der Waals surface area (Å²) in [6.45, 7) is 2.19. The van der Waals surface area contributed by atoms with Crippen molar-refractivity contribution >= 4 is 5.78 Å². The Kier molecular flexibility index (Phi) is 1.48. The van der Waals surface area contributed by atoms with Crippen LogP contribution in [0.1, 0.15) is 45.4 Å². The van der Waals surface area contributed by atoms with Crippen molar-refractivity contribution < 1.29 is 14.6 Å². The maximum absolute atomic E-state index is 12.0. The number of fused-ring (bicyclic) bond motifs is 1. The molecule has 0 radical (unpaired) electrons. The molecule has 6 atom stereocenters. The van der Waals surface area contributed by atoms with Crippen molar-refractivity contribution in [3.63, 3.8) is 0 Å². The molecular formula is C15H20O3. The third-order valence-corrected chi connectivity index (χ3v) is 7.04. The van der Waals surface area contributed by atoms with E-state index in [-0.39, 0.29) is 17.4 Å². The Labute approximate surface area is 107 Å². The van der Waals surface area contributed by atoms with Crippen LogP contribution >= 0.6 is 0 Å². The molecule has 0 aromatic carbocycles. The van der Waals surface area contributed by atoms with Gasteiger partial charge in [0.1, 0.15) is 5.78 Å². The highest BCUT2D eigenvalue weighted by Gasteiger charge is 2.80. The number of Topliss-reactive ketones (excluding diaryl/α,β-unsaturated/α-hetero) is 1. The zero-order valence-electron chi connectivity index (χ0n) is 10.8. The molecule has 0 unspecified atom stereocenters. The predicted molar refractivity (Wildman–Crippen MR) is 63.5 cm³/mol. The Bertz CT molecular complexity index is 454. The molecule has 5 bridgehead atoms. The molecule has 1 N–H and O–H groups in total. The van der Waals surface area contributed by atoms with E-state index in [4.69, 9.17) is 4.74 Å². The van der Waals surface area contributed by atoms with Crippen LogP contribution in [0.4, 0.5) is 0 Å². The molecule has 98 valence electrons. The average molecular weight is 248 g/mol. The van der Waals surface area contributed by atoms with E-state index in [0.717, 1.165) is 12.8 Å². The van der Waals surface area contributed by atoms with E-state index in [1.54, 1.807) is 0 Å². The van der Waals surface area contributed by atoms with Crippen LogP contribution in [0.2, 0.25) is 0 Å². The molecule has 0 aromatic rings. The largest absolute Gasteiger partial charge is 0.365 e. The minimum absolute atomic E-state index is 0.0897. The lowest BCUT2D eigenvalue weighted by Gasteiger charge is -2.55. The van der Waals surface area contributed by atoms with Crippen molar-refractivity contribution in [3.8, 4) is 0 Å². The second-order valence-corrected chi connectivity index (χ2v) is 7.68. The summed E-state index contributed by atoms with van der Waals surface area (Å²) in [6, 6.07) is 0. The number of carbonyl (C=O) groups excluding carboxylic acids is 1. The van der Waals surface area contributed by atoms with Crippen molar-refractivity contribution in [1.82, 2.24) is 0 Å². The van der Waals surface area contributed by atoms with Crippen LogP contribution in [0.15, 0.2) is 0 Å². The van der Waals surface area contributed by atoms with Crippen LogP contribution < -0.4 is 0 Å². The number of hydrogen-bond donors (Lipinski definition) is 1. The smallest absolute Gasteiger partial charge is 0.173 e. The normalized spacial score (nSPS) is 62.4. The molecule has 5 fully saturated rings. The minimum atomic E-state index is -0.970. The first-order valence-electron chi connectivity index (χ1n) is 7.44. The summed E-state index contributed by atoms with van der Waals surface area (Å²) in [6.07, 6.45) is 5.95. The molecule has 1 spiro atoms. The van der Waals surface area contributed by atoms with Crippen molar-refractivity contribution in [3.05, 3.63) is 0 Å². The lowest BCUT2D eigenvalue weighted by molar-refractivity contribution is -0.273. The van der Waals surface area contributed by atoms with Gasteiger partial charge < -0.3 is 9.84 Å². The SMILES string of the molecule is C[C@]12CC[C@@H]3[C@@H]4CC(=O)C[C@H]([C@H]1C31CC1)[C@]4(O)O2. The fourth-order valence-electron chi connectivity index (χ4n) is 6.55. The van der Waals surface area contributed by atoms with E-state index >= 15 is 0 Å². The van der Waals surface area contributed by atoms with Crippen LogP contribution in [0.5, 0.6) is 0 Å². The second kappa shape index (κ2) is 2.57. The van der Waals surface area contributed by atoms with Crippen molar-refractivity contribution in [2.24, 2.45) is 29.1 Å². The summed E-state index contributed by atoms with van der Waals surface area (Å²) in [5, 5.41) is 11.1. The van der Waals surface area contributed by atoms with Gasteiger partial charge >= 0.3 is 0 Å². The standard InChI is InChI=1S/C15H20O3/c1-13-3-2-9-10-6-8(16)7-11(15(10,17)18-13)12(13)14(9)4-5-14/h9-12,17H,2-7H2,1H3/t9-,10+,11-,12-,13+,15-/m1/s1. The lowest BCUT2D eigenvalue weighted by atomic mass is 9.47. The van der Waals surface area contributed by atoms with Crippen LogP contribution in [-0.4, -0.2) is 22.3 Å². The Balaban J connectivity index is 1.76. The molecule has 18 heavy (non-hydrogen) atoms. The van der Waals surface area contributed by atoms with Gasteiger partial charge in [-0.2, -0.15) is 0 Å². The number of ether oxygens (including phenoxy) is 1. The molecule has 1 aliphatic heterocycles. The first kappa shape index (κ1) is 10.4. The fraction of sp³-hybridized carbons (Fsp3) is 0.933. The maximum Gasteiger partial charge on any atom is 0.173 e. The molecule has 1 saturated heterocycles. The van der Waals surface area contributed by atoms with Gasteiger partial charge in [-0.25, -0.2) is 0 Å². The number of ketones is 1. The molecule has 5 aliphatic rings. The van der Waals surface area contributed by atoms with Crippen LogP contribution in [0.25, 0.3) is 0 Å². The average Bonchev–Trinajstić information content (AvgIpc) is 3.00. The Hall–Kier alpha value is -0.410. The maximum atomic E-state index is 12.0. The molecule has 3 heteroatoms. The third-order valence-electron chi connectivity index (χ3n) is 7.04. The topological polar surface area (TPSA) is 46.5 Å². The quantitative estimate of drug-likeness (QED) is 0.712. The van der Waals surface area contributed by atoms with Gasteiger partial charge in [-0.15, -0.1) is 0 Å². The van der Waals surface area contributed by atoms with Gasteiger partial charge in [0.15, 0.2) is 5.79 Å².